The smallest absolute Gasteiger partial charge is 0.256 e. The van der Waals surface area contributed by atoms with Crippen molar-refractivity contribution in [3.05, 3.63) is 334 Å². The van der Waals surface area contributed by atoms with E-state index in [1.54, 1.807) is 0 Å². The number of nitrogens with zero attached hydrogens (tertiary/aromatic N) is 5. The SMILES string of the molecule is c1ccc(N(c2ccccc2)c2cc3c4c(c2)N(c2cccc5c2sc2ccccc25)c2ccccc2B4c2cc4c(cc2N3c2ccccc2)N(c2cccc3c2sc2ccccc23)c2cc(N(c3ccccc3)c3cccc5c3sc3ccccc35)cc3c2B4c2ccccc2O3)cc1. The van der Waals surface area contributed by atoms with Gasteiger partial charge in [-0.25, -0.2) is 0 Å². The maximum absolute atomic E-state index is 7.54. The Hall–Kier alpha value is -12.1. The van der Waals surface area contributed by atoms with Gasteiger partial charge in [0.05, 0.1) is 42.5 Å². The molecule has 0 radical (unpaired) electrons. The summed E-state index contributed by atoms with van der Waals surface area (Å²) in [4.78, 5) is 12.7. The van der Waals surface area contributed by atoms with Crippen LogP contribution in [0.2, 0.25) is 0 Å². The average molecular weight is 1340 g/mol. The van der Waals surface area contributed by atoms with Crippen molar-refractivity contribution in [2.45, 2.75) is 0 Å². The van der Waals surface area contributed by atoms with E-state index < -0.39 is 0 Å². The fourth-order valence-electron chi connectivity index (χ4n) is 17.1. The highest BCUT2D eigenvalue weighted by Crippen LogP contribution is 2.55. The van der Waals surface area contributed by atoms with E-state index >= 15 is 0 Å². The molecule has 0 saturated carbocycles. The first-order chi connectivity index (χ1) is 50.1. The highest BCUT2D eigenvalue weighted by atomic mass is 32.1. The van der Waals surface area contributed by atoms with Crippen molar-refractivity contribution in [1.82, 2.24) is 0 Å². The molecular weight excluding hydrogens is 1280 g/mol. The number of hydrogen-bond acceptors (Lipinski definition) is 9. The molecule has 3 aromatic heterocycles. The Balaban J connectivity index is 0.862. The molecule has 0 saturated heterocycles. The second kappa shape index (κ2) is 22.2. The Morgan fingerprint density at radius 1 is 0.248 bits per heavy atom. The molecule has 4 aliphatic heterocycles. The quantitative estimate of drug-likeness (QED) is 0.134. The number of anilines is 15. The van der Waals surface area contributed by atoms with Crippen molar-refractivity contribution < 1.29 is 4.74 Å². The van der Waals surface area contributed by atoms with Gasteiger partial charge in [0.15, 0.2) is 0 Å². The van der Waals surface area contributed by atoms with Gasteiger partial charge in [-0.1, -0.05) is 206 Å². The summed E-state index contributed by atoms with van der Waals surface area (Å²) in [5, 5.41) is 7.51. The van der Waals surface area contributed by atoms with Gasteiger partial charge in [0.25, 0.3) is 13.4 Å². The zero-order valence-electron chi connectivity index (χ0n) is 54.3. The molecule has 0 bridgehead atoms. The Morgan fingerprint density at radius 2 is 0.663 bits per heavy atom. The van der Waals surface area contributed by atoms with Crippen LogP contribution in [0.5, 0.6) is 11.5 Å². The van der Waals surface area contributed by atoms with Crippen LogP contribution in [0, 0.1) is 0 Å². The number of thiophene rings is 3. The fraction of sp³-hybridized carbons (Fsp3) is 0. The summed E-state index contributed by atoms with van der Waals surface area (Å²) in [5.74, 6) is 1.69. The molecule has 101 heavy (non-hydrogen) atoms. The van der Waals surface area contributed by atoms with Crippen molar-refractivity contribution in [2.24, 2.45) is 0 Å². The number of hydrogen-bond donors (Lipinski definition) is 0. The van der Waals surface area contributed by atoms with Crippen LogP contribution in [0.15, 0.2) is 334 Å². The Bertz CT molecular complexity index is 6420. The van der Waals surface area contributed by atoms with Crippen LogP contribution >= 0.6 is 34.0 Å². The van der Waals surface area contributed by atoms with Gasteiger partial charge in [0.1, 0.15) is 11.5 Å². The van der Waals surface area contributed by atoms with Crippen LogP contribution in [0.3, 0.4) is 0 Å². The molecule has 7 heterocycles. The third-order valence-corrected chi connectivity index (χ3v) is 24.8. The molecule has 470 valence electrons. The molecule has 6 nitrogen and oxygen atoms in total. The van der Waals surface area contributed by atoms with Gasteiger partial charge < -0.3 is 29.2 Å². The molecule has 0 N–H and O–H groups in total. The fourth-order valence-corrected chi connectivity index (χ4v) is 20.7. The van der Waals surface area contributed by atoms with Gasteiger partial charge in [-0.3, -0.25) is 0 Å². The second-order valence-electron chi connectivity index (χ2n) is 26.6. The number of rotatable bonds is 9. The zero-order valence-corrected chi connectivity index (χ0v) is 56.7. The number of para-hydroxylation sites is 6. The van der Waals surface area contributed by atoms with Gasteiger partial charge in [0, 0.05) is 109 Å². The monoisotopic (exact) mass is 1340 g/mol. The summed E-state index contributed by atoms with van der Waals surface area (Å²) in [5.41, 5.74) is 23.6. The standard InChI is InChI=1S/C90H55B2N5OS3/c1-5-26-56(27-6-1)93(57-28-7-2-8-29-57)60-50-78-86-79(51-60)96(74-44-24-38-66-63-35-14-21-48-84(63)100-89(66)74)72-42-18-16-40-68(72)91(86)70-54-71-77(55-76(70)95(78)59-32-11-4-12-33-59)97(75-45-25-39-67-64-36-15-22-49-85(64)101-90(67)75)80-52-61(53-82-87(80)92(71)69-41-17-19-46-81(69)98-82)94(58-30-9-3-10-31-58)73-43-23-37-65-62-34-13-20-47-83(62)99-88(65)73/h1-55H. The molecule has 15 aromatic carbocycles. The summed E-state index contributed by atoms with van der Waals surface area (Å²) < 4.78 is 15.0. The Morgan fingerprint density at radius 3 is 1.27 bits per heavy atom. The van der Waals surface area contributed by atoms with Crippen LogP contribution in [0.1, 0.15) is 0 Å². The first-order valence-electron chi connectivity index (χ1n) is 34.4. The van der Waals surface area contributed by atoms with E-state index in [1.807, 2.05) is 34.0 Å². The summed E-state index contributed by atoms with van der Waals surface area (Å²) in [6.45, 7) is -0.438. The third-order valence-electron chi connectivity index (χ3n) is 21.2. The lowest BCUT2D eigenvalue weighted by Gasteiger charge is -2.47. The topological polar surface area (TPSA) is 25.4 Å². The summed E-state index contributed by atoms with van der Waals surface area (Å²) in [7, 11) is 0. The predicted molar refractivity (Wildman–Crippen MR) is 434 cm³/mol. The van der Waals surface area contributed by atoms with Gasteiger partial charge in [-0.15, -0.1) is 34.0 Å². The minimum absolute atomic E-state index is 0.209. The third kappa shape index (κ3) is 8.46. The molecule has 0 atom stereocenters. The lowest BCUT2D eigenvalue weighted by atomic mass is 9.30. The Kier molecular flexibility index (Phi) is 12.5. The van der Waals surface area contributed by atoms with E-state index in [4.69, 9.17) is 4.74 Å². The number of ether oxygens (including phenoxy) is 1. The maximum atomic E-state index is 7.54. The predicted octanol–water partition coefficient (Wildman–Crippen LogP) is 22.2. The van der Waals surface area contributed by atoms with Crippen LogP contribution in [0.25, 0.3) is 60.5 Å². The minimum atomic E-state index is -0.229. The van der Waals surface area contributed by atoms with E-state index in [9.17, 15) is 0 Å². The van der Waals surface area contributed by atoms with Crippen LogP contribution in [-0.2, 0) is 0 Å². The lowest BCUT2D eigenvalue weighted by molar-refractivity contribution is 0.487. The van der Waals surface area contributed by atoms with Crippen LogP contribution in [-0.4, -0.2) is 13.4 Å². The van der Waals surface area contributed by atoms with Crippen LogP contribution in [0.4, 0.5) is 85.3 Å². The van der Waals surface area contributed by atoms with E-state index in [-0.39, 0.29) is 13.4 Å². The highest BCUT2D eigenvalue weighted by Gasteiger charge is 2.49. The lowest BCUT2D eigenvalue weighted by Crippen LogP contribution is -2.64. The molecule has 0 unspecified atom stereocenters. The van der Waals surface area contributed by atoms with Crippen LogP contribution < -0.4 is 62.0 Å². The molecular formula is C90H55B2N5OS3. The molecule has 0 fully saturated rings. The highest BCUT2D eigenvalue weighted by molar-refractivity contribution is 7.27. The molecule has 22 rings (SSSR count). The number of fused-ring (bicyclic) bond motifs is 17. The largest absolute Gasteiger partial charge is 0.458 e. The second-order valence-corrected chi connectivity index (χ2v) is 29.7. The minimum Gasteiger partial charge on any atom is -0.458 e. The summed E-state index contributed by atoms with van der Waals surface area (Å²) in [6, 6.07) is 124. The summed E-state index contributed by atoms with van der Waals surface area (Å²) in [6.07, 6.45) is 0. The maximum Gasteiger partial charge on any atom is 0.256 e. The van der Waals surface area contributed by atoms with E-state index in [2.05, 4.69) is 358 Å². The van der Waals surface area contributed by atoms with Gasteiger partial charge >= 0.3 is 0 Å². The molecule has 0 aliphatic carbocycles. The van der Waals surface area contributed by atoms with Crippen molar-refractivity contribution in [2.75, 3.05) is 24.5 Å². The number of benzene rings is 15. The van der Waals surface area contributed by atoms with E-state index in [0.29, 0.717) is 0 Å². The van der Waals surface area contributed by atoms with Crippen molar-refractivity contribution in [3.8, 4) is 11.5 Å². The molecule has 0 spiro atoms. The van der Waals surface area contributed by atoms with Crippen molar-refractivity contribution in [3.63, 3.8) is 0 Å². The van der Waals surface area contributed by atoms with Gasteiger partial charge in [-0.05, 0) is 154 Å². The summed E-state index contributed by atoms with van der Waals surface area (Å²) >= 11 is 5.61. The average Bonchev–Trinajstić information content (AvgIpc) is 0.714. The molecule has 18 aromatic rings. The normalized spacial score (nSPS) is 13.1. The molecule has 11 heteroatoms. The first kappa shape index (κ1) is 56.9. The van der Waals surface area contributed by atoms with E-state index in [0.717, 1.165) is 108 Å². The molecule has 4 aliphatic rings. The zero-order chi connectivity index (χ0) is 66.0. The Labute approximate surface area is 596 Å². The van der Waals surface area contributed by atoms with Crippen molar-refractivity contribution in [1.29, 1.82) is 0 Å². The van der Waals surface area contributed by atoms with Gasteiger partial charge in [-0.2, -0.15) is 0 Å². The molecule has 0 amide bonds. The van der Waals surface area contributed by atoms with Gasteiger partial charge in [0.2, 0.25) is 0 Å². The first-order valence-corrected chi connectivity index (χ1v) is 36.9. The van der Waals surface area contributed by atoms with E-state index in [1.165, 1.54) is 82.4 Å². The van der Waals surface area contributed by atoms with Crippen molar-refractivity contribution >= 4 is 226 Å².